The van der Waals surface area contributed by atoms with Crippen molar-refractivity contribution in [3.8, 4) is 0 Å². The number of aromatic amines is 1. The van der Waals surface area contributed by atoms with E-state index in [9.17, 15) is 5.21 Å². The average Bonchev–Trinajstić information content (AvgIpc) is 3.42. The minimum atomic E-state index is -0.0884. The Balaban J connectivity index is 1.19. The van der Waals surface area contributed by atoms with Crippen LogP contribution in [-0.2, 0) is 17.6 Å². The number of H-pyrrole nitrogens is 1. The second-order valence-corrected chi connectivity index (χ2v) is 13.6. The number of allylic oxidation sites excluding steroid dienone is 1. The molecule has 0 radical (unpaired) electrons. The molecular formula is C29H43N3O2. The summed E-state index contributed by atoms with van der Waals surface area (Å²) >= 11 is 0. The van der Waals surface area contributed by atoms with Crippen molar-refractivity contribution in [1.29, 1.82) is 0 Å². The van der Waals surface area contributed by atoms with Crippen molar-refractivity contribution >= 4 is 0 Å². The van der Waals surface area contributed by atoms with Crippen LogP contribution in [0.4, 0.5) is 0 Å². The molecule has 1 spiro atoms. The third kappa shape index (κ3) is 2.93. The number of rotatable bonds is 0. The fraction of sp³-hybridized carbons (Fsp3) is 0.828. The number of fused-ring (bicyclic) bond motifs is 7. The summed E-state index contributed by atoms with van der Waals surface area (Å²) in [6.45, 7) is 10.5. The van der Waals surface area contributed by atoms with E-state index in [2.05, 4.69) is 44.1 Å². The zero-order valence-corrected chi connectivity index (χ0v) is 21.5. The van der Waals surface area contributed by atoms with Gasteiger partial charge in [-0.05, 0) is 105 Å². The summed E-state index contributed by atoms with van der Waals surface area (Å²) in [6, 6.07) is 0.167. The van der Waals surface area contributed by atoms with Crippen LogP contribution in [0.25, 0.3) is 0 Å². The van der Waals surface area contributed by atoms with Gasteiger partial charge in [-0.15, -0.1) is 0 Å². The normalized spacial score (nSPS) is 50.4. The molecule has 34 heavy (non-hydrogen) atoms. The smallest absolute Gasteiger partial charge is 0.0768 e. The van der Waals surface area contributed by atoms with Gasteiger partial charge in [0.1, 0.15) is 0 Å². The molecule has 0 bridgehead atoms. The number of piperidine rings is 1. The Kier molecular flexibility index (Phi) is 4.82. The van der Waals surface area contributed by atoms with E-state index >= 15 is 0 Å². The minimum Gasteiger partial charge on any atom is -0.369 e. The first-order chi connectivity index (χ1) is 16.3. The first kappa shape index (κ1) is 22.1. The number of hydroxylamine groups is 2. The van der Waals surface area contributed by atoms with E-state index in [-0.39, 0.29) is 17.7 Å². The summed E-state index contributed by atoms with van der Waals surface area (Å²) in [6.07, 6.45) is 13.4. The summed E-state index contributed by atoms with van der Waals surface area (Å²) in [7, 11) is 0. The van der Waals surface area contributed by atoms with Crippen LogP contribution in [0.1, 0.15) is 83.9 Å². The molecular weight excluding hydrogens is 422 g/mol. The Morgan fingerprint density at radius 3 is 2.88 bits per heavy atom. The highest BCUT2D eigenvalue weighted by Gasteiger charge is 2.60. The lowest BCUT2D eigenvalue weighted by Gasteiger charge is -2.52. The van der Waals surface area contributed by atoms with Crippen molar-refractivity contribution in [2.24, 2.45) is 40.9 Å². The molecule has 2 N–H and O–H groups in total. The van der Waals surface area contributed by atoms with Gasteiger partial charge in [-0.25, -0.2) is 0 Å². The Hall–Kier alpha value is -1.17. The highest BCUT2D eigenvalue weighted by Crippen LogP contribution is 2.64. The van der Waals surface area contributed by atoms with Crippen LogP contribution in [0.5, 0.6) is 0 Å². The molecule has 4 fully saturated rings. The third-order valence-electron chi connectivity index (χ3n) is 12.0. The van der Waals surface area contributed by atoms with Crippen molar-refractivity contribution in [2.75, 3.05) is 6.54 Å². The standard InChI is InChI=1S/C29H43N3O2/c1-16-9-26-27(32(33)15-16)18(3)29(34-26)8-7-21-22-6-5-20-10-25-19(14-30-31-25)13-28(20,4)24(22)11-23(21)17(2)12-29/h14,16,18,20-22,24,26-27,33H,5-13,15H2,1-4H3,(H,30,31)/t16-,18+,20+,21-,22-,24-,26+,27?,28-,29-/m0/s1. The molecule has 5 nitrogen and oxygen atoms in total. The van der Waals surface area contributed by atoms with Crippen molar-refractivity contribution in [3.05, 3.63) is 28.6 Å². The second-order valence-electron chi connectivity index (χ2n) is 13.6. The summed E-state index contributed by atoms with van der Waals surface area (Å²) in [5.41, 5.74) is 6.64. The predicted octanol–water partition coefficient (Wildman–Crippen LogP) is 5.55. The van der Waals surface area contributed by atoms with E-state index in [0.717, 1.165) is 49.5 Å². The molecule has 1 unspecified atom stereocenters. The highest BCUT2D eigenvalue weighted by molar-refractivity contribution is 5.32. The van der Waals surface area contributed by atoms with Crippen LogP contribution in [0, 0.1) is 40.9 Å². The number of hydrogen-bond donors (Lipinski definition) is 2. The van der Waals surface area contributed by atoms with Crippen LogP contribution >= 0.6 is 0 Å². The van der Waals surface area contributed by atoms with Crippen LogP contribution in [0.15, 0.2) is 17.3 Å². The molecule has 0 aromatic carbocycles. The minimum absolute atomic E-state index is 0.0884. The highest BCUT2D eigenvalue weighted by atomic mass is 16.5. The maximum atomic E-state index is 10.8. The summed E-state index contributed by atoms with van der Waals surface area (Å²) in [5, 5.41) is 20.1. The summed E-state index contributed by atoms with van der Waals surface area (Å²) in [5.74, 6) is 4.08. The zero-order chi connectivity index (χ0) is 23.4. The third-order valence-corrected chi connectivity index (χ3v) is 12.0. The van der Waals surface area contributed by atoms with Gasteiger partial charge in [0.15, 0.2) is 0 Å². The molecule has 4 aliphatic carbocycles. The topological polar surface area (TPSA) is 61.4 Å². The number of ether oxygens (including phenoxy) is 1. The van der Waals surface area contributed by atoms with Crippen LogP contribution in [0.2, 0.25) is 0 Å². The number of nitrogens with one attached hydrogen (secondary N) is 1. The number of hydrogen-bond acceptors (Lipinski definition) is 4. The zero-order valence-electron chi connectivity index (χ0n) is 21.5. The van der Waals surface area contributed by atoms with E-state index < -0.39 is 0 Å². The largest absolute Gasteiger partial charge is 0.369 e. The molecule has 10 atom stereocenters. The lowest BCUT2D eigenvalue weighted by molar-refractivity contribution is -0.178. The van der Waals surface area contributed by atoms with Gasteiger partial charge in [-0.2, -0.15) is 10.2 Å². The van der Waals surface area contributed by atoms with Crippen molar-refractivity contribution in [2.45, 2.75) is 103 Å². The molecule has 186 valence electrons. The summed E-state index contributed by atoms with van der Waals surface area (Å²) in [4.78, 5) is 0. The van der Waals surface area contributed by atoms with E-state index in [1.165, 1.54) is 49.8 Å². The van der Waals surface area contributed by atoms with Crippen molar-refractivity contribution in [3.63, 3.8) is 0 Å². The van der Waals surface area contributed by atoms with Crippen molar-refractivity contribution in [1.82, 2.24) is 15.3 Å². The molecule has 6 aliphatic rings. The van der Waals surface area contributed by atoms with E-state index in [0.29, 0.717) is 17.3 Å². The Morgan fingerprint density at radius 2 is 2.03 bits per heavy atom. The molecule has 5 heteroatoms. The lowest BCUT2D eigenvalue weighted by atomic mass is 9.52. The van der Waals surface area contributed by atoms with Crippen molar-refractivity contribution < 1.29 is 9.94 Å². The molecule has 1 aromatic heterocycles. The van der Waals surface area contributed by atoms with Gasteiger partial charge in [0.25, 0.3) is 0 Å². The van der Waals surface area contributed by atoms with E-state index in [4.69, 9.17) is 4.74 Å². The first-order valence-corrected chi connectivity index (χ1v) is 14.1. The maximum Gasteiger partial charge on any atom is 0.0768 e. The van der Waals surface area contributed by atoms with Gasteiger partial charge in [0.2, 0.25) is 0 Å². The molecule has 3 heterocycles. The molecule has 2 saturated heterocycles. The monoisotopic (exact) mass is 465 g/mol. The summed E-state index contributed by atoms with van der Waals surface area (Å²) < 4.78 is 6.99. The molecule has 7 rings (SSSR count). The molecule has 0 amide bonds. The molecule has 2 aliphatic heterocycles. The Morgan fingerprint density at radius 1 is 1.18 bits per heavy atom. The van der Waals surface area contributed by atoms with Gasteiger partial charge < -0.3 is 9.94 Å². The fourth-order valence-corrected chi connectivity index (χ4v) is 10.2. The van der Waals surface area contributed by atoms with Gasteiger partial charge in [0.05, 0.1) is 23.9 Å². The first-order valence-electron chi connectivity index (χ1n) is 14.1. The van der Waals surface area contributed by atoms with Gasteiger partial charge in [0, 0.05) is 18.2 Å². The van der Waals surface area contributed by atoms with Crippen LogP contribution < -0.4 is 0 Å². The van der Waals surface area contributed by atoms with Gasteiger partial charge >= 0.3 is 0 Å². The Bertz CT molecular complexity index is 1020. The molecule has 1 aromatic rings. The second kappa shape index (κ2) is 7.43. The predicted molar refractivity (Wildman–Crippen MR) is 131 cm³/mol. The van der Waals surface area contributed by atoms with Crippen LogP contribution in [0.3, 0.4) is 0 Å². The lowest BCUT2D eigenvalue weighted by Crippen LogP contribution is -2.50. The average molecular weight is 466 g/mol. The fourth-order valence-electron chi connectivity index (χ4n) is 10.2. The van der Waals surface area contributed by atoms with Crippen LogP contribution in [-0.4, -0.2) is 44.8 Å². The maximum absolute atomic E-state index is 10.8. The Labute approximate surface area is 204 Å². The SMILES string of the molecule is CC1=C2C[C@H]3[C@@H](CC[C@@H]4Cc5[nH]ncc5C[C@@]43C)[C@@H]2CC[C@@]2(C1)O[C@@H]1C[C@H](C)CN(O)C1[C@H]2C. The van der Waals surface area contributed by atoms with Gasteiger partial charge in [-0.1, -0.05) is 31.9 Å². The molecule has 2 saturated carbocycles. The van der Waals surface area contributed by atoms with Gasteiger partial charge in [-0.3, -0.25) is 5.10 Å². The number of aromatic nitrogens is 2. The number of nitrogens with zero attached hydrogens (tertiary/aromatic N) is 2. The van der Waals surface area contributed by atoms with E-state index in [1.807, 2.05) is 0 Å². The van der Waals surface area contributed by atoms with E-state index in [1.54, 1.807) is 16.2 Å². The quantitative estimate of drug-likeness (QED) is 0.493.